The third-order valence-electron chi connectivity index (χ3n) is 4.01. The average molecular weight is 398 g/mol. The van der Waals surface area contributed by atoms with Crippen molar-refractivity contribution in [3.8, 4) is 23.0 Å². The molecule has 1 heterocycles. The van der Waals surface area contributed by atoms with Crippen molar-refractivity contribution in [2.45, 2.75) is 20.8 Å². The summed E-state index contributed by atoms with van der Waals surface area (Å²) in [5.41, 5.74) is 0.0197. The van der Waals surface area contributed by atoms with E-state index < -0.39 is 5.97 Å². The molecule has 0 aliphatic carbocycles. The van der Waals surface area contributed by atoms with E-state index in [1.54, 1.807) is 50.2 Å². The first-order valence-electron chi connectivity index (χ1n) is 9.29. The molecule has 7 heteroatoms. The maximum absolute atomic E-state index is 12.9. The number of carbonyl (C=O) groups is 1. The second-order valence-electron chi connectivity index (χ2n) is 6.05. The molecule has 29 heavy (non-hydrogen) atoms. The molecule has 0 N–H and O–H groups in total. The molecule has 7 nitrogen and oxygen atoms in total. The van der Waals surface area contributed by atoms with E-state index in [-0.39, 0.29) is 24.4 Å². The maximum Gasteiger partial charge on any atom is 0.344 e. The van der Waals surface area contributed by atoms with Crippen LogP contribution in [-0.2, 0) is 9.53 Å². The molecule has 0 atom stereocenters. The highest BCUT2D eigenvalue weighted by Gasteiger charge is 2.16. The molecule has 3 rings (SSSR count). The van der Waals surface area contributed by atoms with Gasteiger partial charge in [0.2, 0.25) is 11.2 Å². The molecule has 1 aromatic heterocycles. The summed E-state index contributed by atoms with van der Waals surface area (Å²) >= 11 is 0. The van der Waals surface area contributed by atoms with Crippen LogP contribution in [0.25, 0.3) is 11.0 Å². The Morgan fingerprint density at radius 3 is 2.48 bits per heavy atom. The zero-order chi connectivity index (χ0) is 20.8. The number of hydrogen-bond donors (Lipinski definition) is 0. The monoisotopic (exact) mass is 398 g/mol. The van der Waals surface area contributed by atoms with Crippen LogP contribution in [0.1, 0.15) is 19.6 Å². The number of benzene rings is 2. The van der Waals surface area contributed by atoms with E-state index in [0.29, 0.717) is 40.6 Å². The van der Waals surface area contributed by atoms with Crippen molar-refractivity contribution in [1.29, 1.82) is 0 Å². The van der Waals surface area contributed by atoms with E-state index >= 15 is 0 Å². The Morgan fingerprint density at radius 1 is 1.00 bits per heavy atom. The van der Waals surface area contributed by atoms with Gasteiger partial charge < -0.3 is 23.4 Å². The summed E-state index contributed by atoms with van der Waals surface area (Å²) in [6, 6.07) is 11.8. The van der Waals surface area contributed by atoms with Crippen LogP contribution >= 0.6 is 0 Å². The molecular formula is C22H22O7. The lowest BCUT2D eigenvalue weighted by molar-refractivity contribution is -0.145. The van der Waals surface area contributed by atoms with E-state index in [0.717, 1.165) is 0 Å². The van der Waals surface area contributed by atoms with Gasteiger partial charge in [-0.3, -0.25) is 4.79 Å². The molecule has 0 aliphatic rings. The van der Waals surface area contributed by atoms with Gasteiger partial charge >= 0.3 is 5.97 Å². The van der Waals surface area contributed by atoms with Gasteiger partial charge in [-0.15, -0.1) is 0 Å². The minimum atomic E-state index is -0.470. The van der Waals surface area contributed by atoms with Gasteiger partial charge in [0.25, 0.3) is 0 Å². The van der Waals surface area contributed by atoms with E-state index in [9.17, 15) is 9.59 Å². The minimum absolute atomic E-state index is 0.0878. The zero-order valence-corrected chi connectivity index (χ0v) is 16.5. The van der Waals surface area contributed by atoms with Gasteiger partial charge in [-0.05, 0) is 45.0 Å². The van der Waals surface area contributed by atoms with Crippen LogP contribution in [0.3, 0.4) is 0 Å². The highest BCUT2D eigenvalue weighted by Crippen LogP contribution is 2.33. The molecule has 0 amide bonds. The van der Waals surface area contributed by atoms with Crippen LogP contribution in [0.15, 0.2) is 51.7 Å². The molecule has 0 aliphatic heterocycles. The largest absolute Gasteiger partial charge is 0.490 e. The molecule has 0 saturated heterocycles. The van der Waals surface area contributed by atoms with Crippen molar-refractivity contribution in [3.63, 3.8) is 0 Å². The Morgan fingerprint density at radius 2 is 1.76 bits per heavy atom. The Kier molecular flexibility index (Phi) is 6.39. The fourth-order valence-electron chi connectivity index (χ4n) is 2.74. The summed E-state index contributed by atoms with van der Waals surface area (Å²) in [5.74, 6) is 1.29. The van der Waals surface area contributed by atoms with Crippen molar-refractivity contribution in [2.24, 2.45) is 0 Å². The van der Waals surface area contributed by atoms with Crippen LogP contribution in [-0.4, -0.2) is 25.8 Å². The quantitative estimate of drug-likeness (QED) is 0.525. The van der Waals surface area contributed by atoms with Gasteiger partial charge in [-0.25, -0.2) is 4.79 Å². The number of aryl methyl sites for hydroxylation is 1. The maximum atomic E-state index is 12.9. The number of ether oxygens (including phenoxy) is 4. The summed E-state index contributed by atoms with van der Waals surface area (Å²) in [6.45, 7) is 5.76. The first-order valence-corrected chi connectivity index (χ1v) is 9.29. The molecule has 2 aromatic carbocycles. The molecule has 3 aromatic rings. The molecule has 0 saturated carbocycles. The van der Waals surface area contributed by atoms with E-state index in [1.807, 2.05) is 13.0 Å². The van der Waals surface area contributed by atoms with Gasteiger partial charge in [0, 0.05) is 6.07 Å². The predicted octanol–water partition coefficient (Wildman–Crippen LogP) is 4.23. The van der Waals surface area contributed by atoms with Gasteiger partial charge in [-0.1, -0.05) is 12.1 Å². The predicted molar refractivity (Wildman–Crippen MR) is 107 cm³/mol. The van der Waals surface area contributed by atoms with E-state index in [2.05, 4.69) is 0 Å². The number of para-hydroxylation sites is 2. The normalized spacial score (nSPS) is 10.6. The van der Waals surface area contributed by atoms with Crippen LogP contribution < -0.4 is 19.6 Å². The Hall–Kier alpha value is -3.48. The van der Waals surface area contributed by atoms with Crippen LogP contribution in [0.4, 0.5) is 0 Å². The Balaban J connectivity index is 1.90. The van der Waals surface area contributed by atoms with Crippen LogP contribution in [0.2, 0.25) is 0 Å². The van der Waals surface area contributed by atoms with Crippen molar-refractivity contribution >= 4 is 16.9 Å². The summed E-state index contributed by atoms with van der Waals surface area (Å²) in [4.78, 5) is 24.4. The summed E-state index contributed by atoms with van der Waals surface area (Å²) in [6.07, 6.45) is 0. The number of fused-ring (bicyclic) bond motifs is 1. The highest BCUT2D eigenvalue weighted by molar-refractivity contribution is 5.80. The van der Waals surface area contributed by atoms with E-state index in [1.165, 1.54) is 0 Å². The number of esters is 1. The lowest BCUT2D eigenvalue weighted by atomic mass is 10.2. The topological polar surface area (TPSA) is 84.2 Å². The van der Waals surface area contributed by atoms with Crippen molar-refractivity contribution in [2.75, 3.05) is 19.8 Å². The second-order valence-corrected chi connectivity index (χ2v) is 6.05. The van der Waals surface area contributed by atoms with Gasteiger partial charge in [0.05, 0.1) is 18.6 Å². The smallest absolute Gasteiger partial charge is 0.344 e. The van der Waals surface area contributed by atoms with Crippen molar-refractivity contribution in [1.82, 2.24) is 0 Å². The van der Waals surface area contributed by atoms with Crippen LogP contribution in [0.5, 0.6) is 23.0 Å². The van der Waals surface area contributed by atoms with Crippen molar-refractivity contribution in [3.05, 3.63) is 58.4 Å². The molecule has 0 radical (unpaired) electrons. The summed E-state index contributed by atoms with van der Waals surface area (Å²) in [7, 11) is 0. The lowest BCUT2D eigenvalue weighted by Gasteiger charge is -2.13. The second kappa shape index (κ2) is 9.14. The third-order valence-corrected chi connectivity index (χ3v) is 4.01. The molecule has 0 spiro atoms. The number of carbonyl (C=O) groups excluding carboxylic acids is 1. The molecule has 152 valence electrons. The molecule has 0 bridgehead atoms. The van der Waals surface area contributed by atoms with E-state index in [4.69, 9.17) is 23.4 Å². The highest BCUT2D eigenvalue weighted by atomic mass is 16.6. The summed E-state index contributed by atoms with van der Waals surface area (Å²) < 4.78 is 27.4. The fourth-order valence-corrected chi connectivity index (χ4v) is 2.74. The fraction of sp³-hybridized carbons (Fsp3) is 0.273. The van der Waals surface area contributed by atoms with Crippen LogP contribution in [0, 0.1) is 6.92 Å². The van der Waals surface area contributed by atoms with Gasteiger partial charge in [0.15, 0.2) is 18.1 Å². The minimum Gasteiger partial charge on any atom is -0.490 e. The molecule has 0 unspecified atom stereocenters. The summed E-state index contributed by atoms with van der Waals surface area (Å²) in [5, 5.41) is 0.336. The lowest BCUT2D eigenvalue weighted by Crippen LogP contribution is -2.14. The number of rotatable bonds is 8. The average Bonchev–Trinajstić information content (AvgIpc) is 2.71. The van der Waals surface area contributed by atoms with Gasteiger partial charge in [-0.2, -0.15) is 0 Å². The first kappa shape index (κ1) is 20.3. The standard InChI is InChI=1S/C22H22O7/c1-4-25-17-8-6-7-9-18(17)29-22-14(3)28-19-12-15(10-11-16(19)21(22)24)27-13-20(23)26-5-2/h6-12H,4-5,13H2,1-3H3. The Labute approximate surface area is 167 Å². The van der Waals surface area contributed by atoms with Gasteiger partial charge in [0.1, 0.15) is 17.1 Å². The Bertz CT molecular complexity index is 1070. The van der Waals surface area contributed by atoms with Crippen molar-refractivity contribution < 1.29 is 28.2 Å². The SMILES string of the molecule is CCOC(=O)COc1ccc2c(=O)c(Oc3ccccc3OCC)c(C)oc2c1. The third kappa shape index (κ3) is 4.68. The first-order chi connectivity index (χ1) is 14.0. The molecular weight excluding hydrogens is 376 g/mol. The number of hydrogen-bond acceptors (Lipinski definition) is 7. The zero-order valence-electron chi connectivity index (χ0n) is 16.5. The molecule has 0 fully saturated rings.